The third kappa shape index (κ3) is 4.67. The minimum absolute atomic E-state index is 0.0684. The molecule has 1 fully saturated rings. The SMILES string of the molecule is CN(C)Cc1ccccc1CNC(=O)c1cc([N+](=O)[O-])ccc1N1CCCC1. The van der Waals surface area contributed by atoms with Gasteiger partial charge >= 0.3 is 0 Å². The maximum absolute atomic E-state index is 12.9. The molecule has 0 aliphatic carbocycles. The summed E-state index contributed by atoms with van der Waals surface area (Å²) in [5, 5.41) is 14.1. The summed E-state index contributed by atoms with van der Waals surface area (Å²) in [5.74, 6) is -0.287. The zero-order valence-corrected chi connectivity index (χ0v) is 16.4. The number of nitro groups is 1. The Labute approximate surface area is 165 Å². The number of rotatable bonds is 7. The van der Waals surface area contributed by atoms with Crippen molar-refractivity contribution in [1.82, 2.24) is 10.2 Å². The van der Waals surface area contributed by atoms with Crippen LogP contribution in [0.15, 0.2) is 42.5 Å². The Hall–Kier alpha value is -2.93. The van der Waals surface area contributed by atoms with Gasteiger partial charge in [-0.1, -0.05) is 24.3 Å². The molecule has 7 heteroatoms. The molecule has 0 saturated carbocycles. The van der Waals surface area contributed by atoms with Crippen molar-refractivity contribution in [3.05, 3.63) is 69.3 Å². The Kier molecular flexibility index (Phi) is 6.26. The lowest BCUT2D eigenvalue weighted by atomic mass is 10.1. The van der Waals surface area contributed by atoms with Gasteiger partial charge in [0.15, 0.2) is 0 Å². The fourth-order valence-corrected chi connectivity index (χ4v) is 3.55. The molecule has 1 saturated heterocycles. The van der Waals surface area contributed by atoms with E-state index in [9.17, 15) is 14.9 Å². The lowest BCUT2D eigenvalue weighted by Crippen LogP contribution is -2.28. The molecule has 2 aromatic rings. The van der Waals surface area contributed by atoms with E-state index in [4.69, 9.17) is 0 Å². The summed E-state index contributed by atoms with van der Waals surface area (Å²) in [7, 11) is 4.00. The zero-order valence-electron chi connectivity index (χ0n) is 16.4. The van der Waals surface area contributed by atoms with Gasteiger partial charge in [-0.2, -0.15) is 0 Å². The number of amides is 1. The van der Waals surface area contributed by atoms with Gasteiger partial charge in [-0.25, -0.2) is 0 Å². The Morgan fingerprint density at radius 1 is 1.14 bits per heavy atom. The molecule has 0 radical (unpaired) electrons. The van der Waals surface area contributed by atoms with E-state index >= 15 is 0 Å². The van der Waals surface area contributed by atoms with Gasteiger partial charge in [0, 0.05) is 38.3 Å². The Bertz CT molecular complexity index is 860. The van der Waals surface area contributed by atoms with Crippen LogP contribution in [0.5, 0.6) is 0 Å². The third-order valence-corrected chi connectivity index (χ3v) is 4.93. The average Bonchev–Trinajstić information content (AvgIpc) is 3.20. The highest BCUT2D eigenvalue weighted by atomic mass is 16.6. The number of nitrogens with one attached hydrogen (secondary N) is 1. The predicted molar refractivity (Wildman–Crippen MR) is 110 cm³/mol. The molecule has 148 valence electrons. The number of nitrogens with zero attached hydrogens (tertiary/aromatic N) is 3. The van der Waals surface area contributed by atoms with Crippen molar-refractivity contribution in [1.29, 1.82) is 0 Å². The topological polar surface area (TPSA) is 78.7 Å². The molecule has 7 nitrogen and oxygen atoms in total. The molecule has 0 bridgehead atoms. The van der Waals surface area contributed by atoms with Gasteiger partial charge in [0.1, 0.15) is 0 Å². The van der Waals surface area contributed by atoms with Crippen LogP contribution in [-0.2, 0) is 13.1 Å². The highest BCUT2D eigenvalue weighted by Crippen LogP contribution is 2.28. The predicted octanol–water partition coefficient (Wildman–Crippen LogP) is 3.19. The minimum Gasteiger partial charge on any atom is -0.371 e. The normalized spacial score (nSPS) is 13.8. The first-order valence-electron chi connectivity index (χ1n) is 9.49. The molecule has 3 rings (SSSR count). The van der Waals surface area contributed by atoms with Gasteiger partial charge in [0.2, 0.25) is 0 Å². The van der Waals surface area contributed by atoms with E-state index in [0.717, 1.165) is 49.3 Å². The van der Waals surface area contributed by atoms with Crippen LogP contribution in [0.4, 0.5) is 11.4 Å². The van der Waals surface area contributed by atoms with E-state index in [0.29, 0.717) is 12.1 Å². The average molecular weight is 382 g/mol. The number of hydrogen-bond acceptors (Lipinski definition) is 5. The Morgan fingerprint density at radius 2 is 1.82 bits per heavy atom. The summed E-state index contributed by atoms with van der Waals surface area (Å²) in [4.78, 5) is 27.9. The van der Waals surface area contributed by atoms with Crippen molar-refractivity contribution in [2.24, 2.45) is 0 Å². The van der Waals surface area contributed by atoms with E-state index < -0.39 is 4.92 Å². The van der Waals surface area contributed by atoms with E-state index in [2.05, 4.69) is 15.1 Å². The number of carbonyl (C=O) groups is 1. The summed E-state index contributed by atoms with van der Waals surface area (Å²) in [5.41, 5.74) is 3.24. The maximum Gasteiger partial charge on any atom is 0.270 e. The van der Waals surface area contributed by atoms with Gasteiger partial charge in [-0.3, -0.25) is 14.9 Å². The van der Waals surface area contributed by atoms with Crippen molar-refractivity contribution < 1.29 is 9.72 Å². The van der Waals surface area contributed by atoms with Crippen LogP contribution < -0.4 is 10.2 Å². The molecular weight excluding hydrogens is 356 g/mol. The number of non-ortho nitro benzene ring substituents is 1. The van der Waals surface area contributed by atoms with Gasteiger partial charge < -0.3 is 15.1 Å². The molecule has 28 heavy (non-hydrogen) atoms. The van der Waals surface area contributed by atoms with Crippen molar-refractivity contribution in [2.75, 3.05) is 32.1 Å². The van der Waals surface area contributed by atoms with Crippen LogP contribution in [0.25, 0.3) is 0 Å². The van der Waals surface area contributed by atoms with Crippen LogP contribution in [-0.4, -0.2) is 42.9 Å². The fraction of sp³-hybridized carbons (Fsp3) is 0.381. The molecule has 2 aromatic carbocycles. The zero-order chi connectivity index (χ0) is 20.1. The Morgan fingerprint density at radius 3 is 2.46 bits per heavy atom. The van der Waals surface area contributed by atoms with E-state index in [1.165, 1.54) is 12.1 Å². The molecule has 1 N–H and O–H groups in total. The molecule has 1 amide bonds. The van der Waals surface area contributed by atoms with Crippen LogP contribution >= 0.6 is 0 Å². The smallest absolute Gasteiger partial charge is 0.270 e. The monoisotopic (exact) mass is 382 g/mol. The standard InChI is InChI=1S/C21H26N4O3/c1-23(2)15-17-8-4-3-7-16(17)14-22-21(26)19-13-18(25(27)28)9-10-20(19)24-11-5-6-12-24/h3-4,7-10,13H,5-6,11-12,14-15H2,1-2H3,(H,22,26). The molecular formula is C21H26N4O3. The maximum atomic E-state index is 12.9. The summed E-state index contributed by atoms with van der Waals surface area (Å²) in [6.07, 6.45) is 2.13. The lowest BCUT2D eigenvalue weighted by molar-refractivity contribution is -0.384. The summed E-state index contributed by atoms with van der Waals surface area (Å²) in [6.45, 7) is 2.89. The highest BCUT2D eigenvalue weighted by molar-refractivity contribution is 6.00. The van der Waals surface area contributed by atoms with E-state index in [1.54, 1.807) is 6.07 Å². The number of hydrogen-bond donors (Lipinski definition) is 1. The second-order valence-electron chi connectivity index (χ2n) is 7.34. The van der Waals surface area contributed by atoms with Crippen molar-refractivity contribution in [2.45, 2.75) is 25.9 Å². The third-order valence-electron chi connectivity index (χ3n) is 4.93. The number of anilines is 1. The summed E-state index contributed by atoms with van der Waals surface area (Å²) >= 11 is 0. The van der Waals surface area contributed by atoms with E-state index in [-0.39, 0.29) is 11.6 Å². The fourth-order valence-electron chi connectivity index (χ4n) is 3.55. The largest absolute Gasteiger partial charge is 0.371 e. The first-order chi connectivity index (χ1) is 13.5. The summed E-state index contributed by atoms with van der Waals surface area (Å²) < 4.78 is 0. The highest BCUT2D eigenvalue weighted by Gasteiger charge is 2.22. The van der Waals surface area contributed by atoms with Crippen LogP contribution in [0.3, 0.4) is 0 Å². The number of carbonyl (C=O) groups excluding carboxylic acids is 1. The van der Waals surface area contributed by atoms with Crippen LogP contribution in [0.1, 0.15) is 34.3 Å². The second-order valence-corrected chi connectivity index (χ2v) is 7.34. The van der Waals surface area contributed by atoms with Crippen LogP contribution in [0, 0.1) is 10.1 Å². The molecule has 0 atom stereocenters. The van der Waals surface area contributed by atoms with Gasteiger partial charge in [0.05, 0.1) is 16.2 Å². The molecule has 1 heterocycles. The molecule has 1 aliphatic heterocycles. The van der Waals surface area contributed by atoms with Crippen molar-refractivity contribution in [3.8, 4) is 0 Å². The van der Waals surface area contributed by atoms with Gasteiger partial charge in [-0.05, 0) is 44.1 Å². The van der Waals surface area contributed by atoms with Crippen molar-refractivity contribution in [3.63, 3.8) is 0 Å². The number of nitro benzene ring substituents is 1. The molecule has 0 spiro atoms. The first kappa shape index (κ1) is 19.8. The Balaban J connectivity index is 1.82. The minimum atomic E-state index is -0.461. The van der Waals surface area contributed by atoms with Gasteiger partial charge in [0.25, 0.3) is 11.6 Å². The molecule has 0 unspecified atom stereocenters. The second kappa shape index (κ2) is 8.84. The lowest BCUT2D eigenvalue weighted by Gasteiger charge is -2.21. The van der Waals surface area contributed by atoms with Crippen molar-refractivity contribution >= 4 is 17.3 Å². The summed E-state index contributed by atoms with van der Waals surface area (Å²) in [6, 6.07) is 12.5. The molecule has 0 aromatic heterocycles. The quantitative estimate of drug-likeness (QED) is 0.588. The molecule has 1 aliphatic rings. The van der Waals surface area contributed by atoms with Crippen LogP contribution in [0.2, 0.25) is 0 Å². The van der Waals surface area contributed by atoms with E-state index in [1.807, 2.05) is 38.4 Å². The first-order valence-corrected chi connectivity index (χ1v) is 9.49. The number of benzene rings is 2. The van der Waals surface area contributed by atoms with Gasteiger partial charge in [-0.15, -0.1) is 0 Å².